The summed E-state index contributed by atoms with van der Waals surface area (Å²) in [6, 6.07) is 9.97. The van der Waals surface area contributed by atoms with Crippen molar-refractivity contribution in [1.82, 2.24) is 10.6 Å². The fourth-order valence-electron chi connectivity index (χ4n) is 3.65. The molecule has 1 aliphatic heterocycles. The van der Waals surface area contributed by atoms with Crippen molar-refractivity contribution in [3.05, 3.63) is 35.9 Å². The van der Waals surface area contributed by atoms with Gasteiger partial charge in [-0.3, -0.25) is 9.59 Å². The molecule has 1 aliphatic carbocycles. The Kier molecular flexibility index (Phi) is 4.17. The number of rotatable bonds is 4. The van der Waals surface area contributed by atoms with Gasteiger partial charge in [-0.2, -0.15) is 0 Å². The summed E-state index contributed by atoms with van der Waals surface area (Å²) in [5.41, 5.74) is 0.920. The van der Waals surface area contributed by atoms with E-state index in [1.165, 1.54) is 5.56 Å². The third-order valence-electron chi connectivity index (χ3n) is 5.60. The predicted molar refractivity (Wildman–Crippen MR) is 90.0 cm³/mol. The number of hydrogen-bond donors (Lipinski definition) is 2. The molecule has 0 radical (unpaired) electrons. The number of benzene rings is 1. The Bertz CT molecular complexity index is 591. The highest BCUT2D eigenvalue weighted by Gasteiger charge is 2.56. The molecule has 1 saturated heterocycles. The van der Waals surface area contributed by atoms with Gasteiger partial charge in [-0.25, -0.2) is 0 Å². The van der Waals surface area contributed by atoms with E-state index in [0.717, 1.165) is 32.1 Å². The second-order valence-electron chi connectivity index (χ2n) is 7.43. The van der Waals surface area contributed by atoms with E-state index in [4.69, 9.17) is 0 Å². The van der Waals surface area contributed by atoms with Crippen LogP contribution in [0.3, 0.4) is 0 Å². The standard InChI is InChI=1S/C19H26N2O2/c1-18(2,14-8-4-3-5-9-14)19(12-13-19)21-17(23)15-10-6-7-11-16(22)20-15/h3-5,8-9,15H,6-7,10-13H2,1-2H3,(H,20,22)(H,21,23)/t15-/m1/s1. The number of nitrogens with one attached hydrogen (secondary N) is 2. The molecular weight excluding hydrogens is 288 g/mol. The molecule has 2 N–H and O–H groups in total. The largest absolute Gasteiger partial charge is 0.348 e. The lowest BCUT2D eigenvalue weighted by atomic mass is 9.75. The average molecular weight is 314 g/mol. The number of hydrogen-bond acceptors (Lipinski definition) is 2. The zero-order chi connectivity index (χ0) is 16.5. The molecule has 0 spiro atoms. The van der Waals surface area contributed by atoms with Gasteiger partial charge < -0.3 is 10.6 Å². The molecule has 124 valence electrons. The molecule has 3 rings (SSSR count). The SMILES string of the molecule is CC(C)(c1ccccc1)C1(NC(=O)[C@H]2CCCCC(=O)N2)CC1. The molecule has 0 bridgehead atoms. The minimum Gasteiger partial charge on any atom is -0.348 e. The number of amides is 2. The molecule has 2 aliphatic rings. The maximum Gasteiger partial charge on any atom is 0.243 e. The summed E-state index contributed by atoms with van der Waals surface area (Å²) in [6.07, 6.45) is 5.04. The van der Waals surface area contributed by atoms with Gasteiger partial charge in [0.1, 0.15) is 6.04 Å². The maximum atomic E-state index is 12.7. The molecule has 2 amide bonds. The lowest BCUT2D eigenvalue weighted by Gasteiger charge is -2.37. The molecule has 2 fully saturated rings. The molecule has 1 heterocycles. The van der Waals surface area contributed by atoms with Gasteiger partial charge >= 0.3 is 0 Å². The first-order valence-electron chi connectivity index (χ1n) is 8.62. The highest BCUT2D eigenvalue weighted by atomic mass is 16.2. The second kappa shape index (κ2) is 5.99. The predicted octanol–water partition coefficient (Wildman–Crippen LogP) is 2.67. The highest BCUT2D eigenvalue weighted by molar-refractivity contribution is 5.88. The van der Waals surface area contributed by atoms with Gasteiger partial charge in [0.05, 0.1) is 0 Å². The van der Waals surface area contributed by atoms with Gasteiger partial charge in [-0.05, 0) is 31.2 Å². The highest BCUT2D eigenvalue weighted by Crippen LogP contribution is 2.51. The van der Waals surface area contributed by atoms with E-state index in [2.05, 4.69) is 36.6 Å². The smallest absolute Gasteiger partial charge is 0.243 e. The van der Waals surface area contributed by atoms with Gasteiger partial charge in [0.2, 0.25) is 11.8 Å². The van der Waals surface area contributed by atoms with Gasteiger partial charge in [0.25, 0.3) is 0 Å². The molecule has 1 saturated carbocycles. The van der Waals surface area contributed by atoms with Crippen LogP contribution in [0.15, 0.2) is 30.3 Å². The summed E-state index contributed by atoms with van der Waals surface area (Å²) in [5.74, 6) is -0.0310. The molecule has 0 unspecified atom stereocenters. The summed E-state index contributed by atoms with van der Waals surface area (Å²) in [7, 11) is 0. The Balaban J connectivity index is 1.73. The van der Waals surface area contributed by atoms with Crippen LogP contribution in [0.2, 0.25) is 0 Å². The summed E-state index contributed by atoms with van der Waals surface area (Å²) in [6.45, 7) is 4.39. The Morgan fingerprint density at radius 1 is 1.22 bits per heavy atom. The zero-order valence-corrected chi connectivity index (χ0v) is 14.0. The summed E-state index contributed by atoms with van der Waals surface area (Å²) in [4.78, 5) is 24.4. The van der Waals surface area contributed by atoms with Crippen molar-refractivity contribution in [1.29, 1.82) is 0 Å². The summed E-state index contributed by atoms with van der Waals surface area (Å²) >= 11 is 0. The maximum absolute atomic E-state index is 12.7. The van der Waals surface area contributed by atoms with E-state index >= 15 is 0 Å². The Labute approximate surface area is 138 Å². The molecule has 4 heteroatoms. The van der Waals surface area contributed by atoms with Crippen LogP contribution < -0.4 is 10.6 Å². The molecule has 1 aromatic rings. The van der Waals surface area contributed by atoms with Crippen molar-refractivity contribution in [2.75, 3.05) is 0 Å². The zero-order valence-electron chi connectivity index (χ0n) is 14.0. The minimum atomic E-state index is -0.381. The fraction of sp³-hybridized carbons (Fsp3) is 0.579. The molecule has 23 heavy (non-hydrogen) atoms. The number of carbonyl (C=O) groups excluding carboxylic acids is 2. The van der Waals surface area contributed by atoms with Crippen LogP contribution in [0.4, 0.5) is 0 Å². The molecular formula is C19H26N2O2. The van der Waals surface area contributed by atoms with E-state index in [9.17, 15) is 9.59 Å². The van der Waals surface area contributed by atoms with Crippen molar-refractivity contribution < 1.29 is 9.59 Å². The van der Waals surface area contributed by atoms with Crippen molar-refractivity contribution in [3.8, 4) is 0 Å². The van der Waals surface area contributed by atoms with E-state index in [1.54, 1.807) is 0 Å². The summed E-state index contributed by atoms with van der Waals surface area (Å²) < 4.78 is 0. The topological polar surface area (TPSA) is 58.2 Å². The molecule has 4 nitrogen and oxygen atoms in total. The van der Waals surface area contributed by atoms with E-state index in [-0.39, 0.29) is 28.8 Å². The lowest BCUT2D eigenvalue weighted by molar-refractivity contribution is -0.129. The lowest BCUT2D eigenvalue weighted by Crippen LogP contribution is -2.55. The number of carbonyl (C=O) groups is 2. The van der Waals surface area contributed by atoms with Gasteiger partial charge in [-0.1, -0.05) is 50.6 Å². The van der Waals surface area contributed by atoms with E-state index in [0.29, 0.717) is 6.42 Å². The Morgan fingerprint density at radius 2 is 1.91 bits per heavy atom. The van der Waals surface area contributed by atoms with Crippen molar-refractivity contribution in [2.45, 2.75) is 69.4 Å². The van der Waals surface area contributed by atoms with Crippen molar-refractivity contribution in [3.63, 3.8) is 0 Å². The van der Waals surface area contributed by atoms with Crippen LogP contribution in [-0.2, 0) is 15.0 Å². The van der Waals surface area contributed by atoms with Gasteiger partial charge in [-0.15, -0.1) is 0 Å². The summed E-state index contributed by atoms with van der Waals surface area (Å²) in [5, 5.41) is 6.14. The monoisotopic (exact) mass is 314 g/mol. The van der Waals surface area contributed by atoms with Crippen LogP contribution in [-0.4, -0.2) is 23.4 Å². The van der Waals surface area contributed by atoms with Gasteiger partial charge in [0.15, 0.2) is 0 Å². The van der Waals surface area contributed by atoms with Crippen molar-refractivity contribution >= 4 is 11.8 Å². The Hall–Kier alpha value is -1.84. The van der Waals surface area contributed by atoms with E-state index < -0.39 is 0 Å². The normalized spacial score (nSPS) is 23.6. The fourth-order valence-corrected chi connectivity index (χ4v) is 3.65. The Morgan fingerprint density at radius 3 is 2.57 bits per heavy atom. The van der Waals surface area contributed by atoms with Crippen LogP contribution in [0.25, 0.3) is 0 Å². The first-order chi connectivity index (χ1) is 10.9. The molecule has 1 aromatic carbocycles. The molecule has 1 atom stereocenters. The van der Waals surface area contributed by atoms with Crippen LogP contribution in [0.5, 0.6) is 0 Å². The van der Waals surface area contributed by atoms with Crippen molar-refractivity contribution in [2.24, 2.45) is 0 Å². The quantitative estimate of drug-likeness (QED) is 0.897. The van der Waals surface area contributed by atoms with E-state index in [1.807, 2.05) is 18.2 Å². The minimum absolute atomic E-state index is 0.00480. The first-order valence-corrected chi connectivity index (χ1v) is 8.62. The molecule has 0 aromatic heterocycles. The first kappa shape index (κ1) is 16.0. The van der Waals surface area contributed by atoms with Gasteiger partial charge in [0, 0.05) is 17.4 Å². The average Bonchev–Trinajstić information content (AvgIpc) is 3.34. The third-order valence-corrected chi connectivity index (χ3v) is 5.60. The van der Waals surface area contributed by atoms with Crippen LogP contribution in [0.1, 0.15) is 57.9 Å². The van der Waals surface area contributed by atoms with Crippen LogP contribution in [0, 0.1) is 0 Å². The second-order valence-corrected chi connectivity index (χ2v) is 7.43. The third kappa shape index (κ3) is 3.12. The van der Waals surface area contributed by atoms with Crippen LogP contribution >= 0.6 is 0 Å².